The fraction of sp³-hybridized carbons (Fsp3) is 0.500. The summed E-state index contributed by atoms with van der Waals surface area (Å²) < 4.78 is 1.38. The molecular formula is C18H24N4O3. The smallest absolute Gasteiger partial charge is 0.256 e. The van der Waals surface area contributed by atoms with E-state index in [0.717, 1.165) is 24.1 Å². The first kappa shape index (κ1) is 17.4. The van der Waals surface area contributed by atoms with Crippen molar-refractivity contribution in [1.29, 1.82) is 0 Å². The molecule has 7 heteroatoms. The summed E-state index contributed by atoms with van der Waals surface area (Å²) in [5.74, 6) is 0.0271. The summed E-state index contributed by atoms with van der Waals surface area (Å²) in [4.78, 5) is 26.4. The van der Waals surface area contributed by atoms with Crippen molar-refractivity contribution >= 4 is 5.91 Å². The van der Waals surface area contributed by atoms with Gasteiger partial charge >= 0.3 is 0 Å². The Morgan fingerprint density at radius 2 is 2.12 bits per heavy atom. The van der Waals surface area contributed by atoms with Gasteiger partial charge in [0.1, 0.15) is 0 Å². The quantitative estimate of drug-likeness (QED) is 0.867. The number of piperidine rings is 1. The van der Waals surface area contributed by atoms with Gasteiger partial charge in [0, 0.05) is 43.2 Å². The zero-order valence-electron chi connectivity index (χ0n) is 14.6. The molecule has 1 amide bonds. The summed E-state index contributed by atoms with van der Waals surface area (Å²) in [5.41, 5.74) is 0.115. The molecule has 1 unspecified atom stereocenters. The van der Waals surface area contributed by atoms with Crippen molar-refractivity contribution in [3.05, 3.63) is 52.2 Å². The number of hydrogen-bond donors (Lipinski definition) is 2. The lowest BCUT2D eigenvalue weighted by atomic mass is 9.92. The molecule has 1 fully saturated rings. The molecule has 3 heterocycles. The summed E-state index contributed by atoms with van der Waals surface area (Å²) in [7, 11) is 0. The first-order valence-electron chi connectivity index (χ1n) is 8.55. The highest BCUT2D eigenvalue weighted by atomic mass is 16.3. The van der Waals surface area contributed by atoms with Crippen molar-refractivity contribution in [1.82, 2.24) is 19.7 Å². The number of H-pyrrole nitrogens is 1. The van der Waals surface area contributed by atoms with Crippen molar-refractivity contribution in [3.63, 3.8) is 0 Å². The highest BCUT2D eigenvalue weighted by Crippen LogP contribution is 2.27. The van der Waals surface area contributed by atoms with Gasteiger partial charge in [0.2, 0.25) is 0 Å². The number of aromatic amines is 1. The zero-order valence-corrected chi connectivity index (χ0v) is 14.6. The molecule has 3 rings (SSSR count). The Balaban J connectivity index is 1.64. The van der Waals surface area contributed by atoms with E-state index in [1.807, 2.05) is 13.0 Å². The molecule has 1 saturated heterocycles. The van der Waals surface area contributed by atoms with E-state index in [2.05, 4.69) is 10.2 Å². The van der Waals surface area contributed by atoms with E-state index in [4.69, 9.17) is 0 Å². The van der Waals surface area contributed by atoms with Crippen molar-refractivity contribution in [2.24, 2.45) is 0 Å². The van der Waals surface area contributed by atoms with E-state index in [0.29, 0.717) is 19.0 Å². The maximum atomic E-state index is 12.7. The molecule has 7 nitrogen and oxygen atoms in total. The summed E-state index contributed by atoms with van der Waals surface area (Å²) in [6, 6.07) is 5.25. The second-order valence-electron chi connectivity index (χ2n) is 7.02. The topological polar surface area (TPSA) is 91.2 Å². The Hall–Kier alpha value is -2.41. The van der Waals surface area contributed by atoms with Crippen LogP contribution >= 0.6 is 0 Å². The van der Waals surface area contributed by atoms with Gasteiger partial charge in [-0.1, -0.05) is 0 Å². The van der Waals surface area contributed by atoms with Crippen LogP contribution in [0.25, 0.3) is 0 Å². The number of pyridine rings is 1. The standard InChI is InChI=1S/C18H24N4O3/c1-13-4-8-22(16(23)11-13)12-18(2,25)17(24)21-9-5-14(6-10-21)15-3-7-19-20-15/h3-4,7-8,11,14,25H,5-6,9-10,12H2,1-2H3,(H,19,20). The molecule has 0 saturated carbocycles. The Morgan fingerprint density at radius 3 is 2.72 bits per heavy atom. The van der Waals surface area contributed by atoms with Crippen LogP contribution in [0, 0.1) is 6.92 Å². The molecule has 25 heavy (non-hydrogen) atoms. The average molecular weight is 344 g/mol. The van der Waals surface area contributed by atoms with Crippen LogP contribution in [0.15, 0.2) is 35.4 Å². The largest absolute Gasteiger partial charge is 0.378 e. The van der Waals surface area contributed by atoms with Gasteiger partial charge in [-0.15, -0.1) is 0 Å². The van der Waals surface area contributed by atoms with Crippen LogP contribution in [0.5, 0.6) is 0 Å². The fourth-order valence-electron chi connectivity index (χ4n) is 3.36. The number of carbonyl (C=O) groups excluding carboxylic acids is 1. The number of likely N-dealkylation sites (tertiary alicyclic amines) is 1. The predicted molar refractivity (Wildman–Crippen MR) is 93.2 cm³/mol. The normalized spacial score (nSPS) is 18.1. The van der Waals surface area contributed by atoms with Crippen molar-refractivity contribution in [3.8, 4) is 0 Å². The molecule has 1 aliphatic heterocycles. The van der Waals surface area contributed by atoms with Gasteiger partial charge in [0.05, 0.1) is 6.54 Å². The maximum absolute atomic E-state index is 12.7. The van der Waals surface area contributed by atoms with Crippen LogP contribution in [-0.4, -0.2) is 49.4 Å². The number of amides is 1. The molecule has 2 N–H and O–H groups in total. The Kier molecular flexibility index (Phi) is 4.76. The maximum Gasteiger partial charge on any atom is 0.256 e. The lowest BCUT2D eigenvalue weighted by molar-refractivity contribution is -0.152. The van der Waals surface area contributed by atoms with Crippen LogP contribution in [0.2, 0.25) is 0 Å². The minimum absolute atomic E-state index is 0.0502. The number of hydrogen-bond acceptors (Lipinski definition) is 4. The van der Waals surface area contributed by atoms with Gasteiger partial charge in [-0.25, -0.2) is 0 Å². The first-order chi connectivity index (χ1) is 11.9. The molecule has 0 aliphatic carbocycles. The van der Waals surface area contributed by atoms with E-state index in [1.54, 1.807) is 23.4 Å². The highest BCUT2D eigenvalue weighted by molar-refractivity contribution is 5.84. The average Bonchev–Trinajstić information content (AvgIpc) is 3.11. The van der Waals surface area contributed by atoms with Crippen LogP contribution < -0.4 is 5.56 Å². The van der Waals surface area contributed by atoms with Gasteiger partial charge in [-0.3, -0.25) is 14.7 Å². The molecule has 134 valence electrons. The Morgan fingerprint density at radius 1 is 1.40 bits per heavy atom. The van der Waals surface area contributed by atoms with E-state index in [-0.39, 0.29) is 18.0 Å². The monoisotopic (exact) mass is 344 g/mol. The van der Waals surface area contributed by atoms with Crippen LogP contribution in [-0.2, 0) is 11.3 Å². The zero-order chi connectivity index (χ0) is 18.0. The first-order valence-corrected chi connectivity index (χ1v) is 8.55. The van der Waals surface area contributed by atoms with E-state index in [1.165, 1.54) is 17.6 Å². The van der Waals surface area contributed by atoms with Gasteiger partial charge < -0.3 is 14.6 Å². The number of rotatable bonds is 4. The van der Waals surface area contributed by atoms with Gasteiger partial charge in [0.15, 0.2) is 5.60 Å². The van der Waals surface area contributed by atoms with Crippen LogP contribution in [0.4, 0.5) is 0 Å². The highest BCUT2D eigenvalue weighted by Gasteiger charge is 2.37. The third kappa shape index (κ3) is 3.82. The molecular weight excluding hydrogens is 320 g/mol. The number of aliphatic hydroxyl groups is 1. The minimum atomic E-state index is -1.61. The van der Waals surface area contributed by atoms with Crippen molar-refractivity contribution in [2.45, 2.75) is 44.8 Å². The number of aromatic nitrogens is 3. The number of aryl methyl sites for hydroxylation is 1. The third-order valence-electron chi connectivity index (χ3n) is 4.83. The predicted octanol–water partition coefficient (Wildman–Crippen LogP) is 1.04. The number of nitrogens with one attached hydrogen (secondary N) is 1. The molecule has 0 spiro atoms. The summed E-state index contributed by atoms with van der Waals surface area (Å²) >= 11 is 0. The number of carbonyl (C=O) groups is 1. The third-order valence-corrected chi connectivity index (χ3v) is 4.83. The van der Waals surface area contributed by atoms with E-state index in [9.17, 15) is 14.7 Å². The molecule has 0 radical (unpaired) electrons. The van der Waals surface area contributed by atoms with E-state index < -0.39 is 5.60 Å². The molecule has 1 atom stereocenters. The van der Waals surface area contributed by atoms with Gasteiger partial charge in [0.25, 0.3) is 11.5 Å². The van der Waals surface area contributed by atoms with Crippen molar-refractivity contribution < 1.29 is 9.90 Å². The second kappa shape index (κ2) is 6.84. The second-order valence-corrected chi connectivity index (χ2v) is 7.02. The SMILES string of the molecule is Cc1ccn(CC(C)(O)C(=O)N2CCC(c3ccn[nH]3)CC2)c(=O)c1. The van der Waals surface area contributed by atoms with Gasteiger partial charge in [-0.2, -0.15) is 5.10 Å². The number of nitrogens with zero attached hydrogens (tertiary/aromatic N) is 3. The van der Waals surface area contributed by atoms with Crippen molar-refractivity contribution in [2.75, 3.05) is 13.1 Å². The molecule has 0 bridgehead atoms. The Bertz CT molecular complexity index is 787. The molecule has 2 aromatic rings. The summed E-state index contributed by atoms with van der Waals surface area (Å²) in [5, 5.41) is 17.6. The Labute approximate surface area is 146 Å². The molecule has 2 aromatic heterocycles. The molecule has 0 aromatic carbocycles. The fourth-order valence-corrected chi connectivity index (χ4v) is 3.36. The summed E-state index contributed by atoms with van der Waals surface area (Å²) in [6.45, 7) is 4.43. The van der Waals surface area contributed by atoms with E-state index >= 15 is 0 Å². The minimum Gasteiger partial charge on any atom is -0.378 e. The van der Waals surface area contributed by atoms with Crippen LogP contribution in [0.3, 0.4) is 0 Å². The van der Waals surface area contributed by atoms with Crippen LogP contribution in [0.1, 0.15) is 36.9 Å². The van der Waals surface area contributed by atoms with Gasteiger partial charge in [-0.05, 0) is 44.4 Å². The lowest BCUT2D eigenvalue weighted by Crippen LogP contribution is -2.52. The molecule has 1 aliphatic rings. The lowest BCUT2D eigenvalue weighted by Gasteiger charge is -2.36. The summed E-state index contributed by atoms with van der Waals surface area (Å²) in [6.07, 6.45) is 5.00.